The largest absolute Gasteiger partial charge is 0.496 e. The molecule has 2 aromatic carbocycles. The molecule has 0 aliphatic heterocycles. The average molecular weight is 406 g/mol. The summed E-state index contributed by atoms with van der Waals surface area (Å²) in [4.78, 5) is 17.5. The lowest BCUT2D eigenvalue weighted by Crippen LogP contribution is -2.27. The summed E-state index contributed by atoms with van der Waals surface area (Å²) in [5, 5.41) is 3.66. The van der Waals surface area contributed by atoms with Gasteiger partial charge in [0.25, 0.3) is 5.91 Å². The Balaban J connectivity index is 1.60. The lowest BCUT2D eigenvalue weighted by molar-refractivity contribution is 0.0943. The summed E-state index contributed by atoms with van der Waals surface area (Å²) in [6.07, 6.45) is 2.56. The number of hydrogen-bond donors (Lipinski definition) is 1. The van der Waals surface area contributed by atoms with E-state index in [4.69, 9.17) is 16.3 Å². The van der Waals surface area contributed by atoms with Crippen LogP contribution in [0.25, 0.3) is 16.8 Å². The van der Waals surface area contributed by atoms with Gasteiger partial charge in [-0.1, -0.05) is 41.9 Å². The van der Waals surface area contributed by atoms with Crippen molar-refractivity contribution in [1.82, 2.24) is 14.7 Å². The SMILES string of the molecule is COc1ccccc1-c1nc(C(=O)NCCc2ccc(Cl)cc2)n2ccccc12. The van der Waals surface area contributed by atoms with Gasteiger partial charge in [0.1, 0.15) is 11.4 Å². The van der Waals surface area contributed by atoms with Crippen molar-refractivity contribution < 1.29 is 9.53 Å². The van der Waals surface area contributed by atoms with Crippen LogP contribution in [0.5, 0.6) is 5.75 Å². The molecule has 0 aliphatic rings. The zero-order valence-electron chi connectivity index (χ0n) is 15.9. The zero-order valence-corrected chi connectivity index (χ0v) is 16.7. The molecule has 2 aromatic heterocycles. The van der Waals surface area contributed by atoms with Gasteiger partial charge in [-0.2, -0.15) is 0 Å². The zero-order chi connectivity index (χ0) is 20.2. The molecule has 4 rings (SSSR count). The Morgan fingerprint density at radius 3 is 2.62 bits per heavy atom. The molecule has 1 amide bonds. The fourth-order valence-corrected chi connectivity index (χ4v) is 3.41. The summed E-state index contributed by atoms with van der Waals surface area (Å²) in [5.74, 6) is 0.838. The highest BCUT2D eigenvalue weighted by atomic mass is 35.5. The fraction of sp³-hybridized carbons (Fsp3) is 0.130. The highest BCUT2D eigenvalue weighted by Crippen LogP contribution is 2.32. The quantitative estimate of drug-likeness (QED) is 0.508. The van der Waals surface area contributed by atoms with Crippen molar-refractivity contribution in [3.8, 4) is 17.0 Å². The van der Waals surface area contributed by atoms with Gasteiger partial charge in [-0.3, -0.25) is 9.20 Å². The van der Waals surface area contributed by atoms with Crippen LogP contribution in [0.15, 0.2) is 72.9 Å². The number of halogens is 1. The van der Waals surface area contributed by atoms with Crippen molar-refractivity contribution in [2.45, 2.75) is 6.42 Å². The molecule has 0 unspecified atom stereocenters. The van der Waals surface area contributed by atoms with E-state index < -0.39 is 0 Å². The molecule has 0 bridgehead atoms. The third-order valence-electron chi connectivity index (χ3n) is 4.73. The van der Waals surface area contributed by atoms with Crippen molar-refractivity contribution in [2.75, 3.05) is 13.7 Å². The molecule has 0 spiro atoms. The van der Waals surface area contributed by atoms with Crippen molar-refractivity contribution in [1.29, 1.82) is 0 Å². The second-order valence-corrected chi connectivity index (χ2v) is 7.01. The molecule has 0 saturated carbocycles. The molecule has 0 fully saturated rings. The van der Waals surface area contributed by atoms with Gasteiger partial charge in [0.05, 0.1) is 12.6 Å². The van der Waals surface area contributed by atoms with E-state index in [-0.39, 0.29) is 5.91 Å². The van der Waals surface area contributed by atoms with Gasteiger partial charge in [0, 0.05) is 23.3 Å². The van der Waals surface area contributed by atoms with Crippen LogP contribution in [-0.2, 0) is 6.42 Å². The van der Waals surface area contributed by atoms with E-state index in [9.17, 15) is 4.79 Å². The van der Waals surface area contributed by atoms with Crippen LogP contribution in [-0.4, -0.2) is 28.9 Å². The number of benzene rings is 2. The first-order chi connectivity index (χ1) is 14.2. The molecule has 6 heteroatoms. The number of pyridine rings is 1. The van der Waals surface area contributed by atoms with Crippen LogP contribution in [0, 0.1) is 0 Å². The van der Waals surface area contributed by atoms with Gasteiger partial charge >= 0.3 is 0 Å². The van der Waals surface area contributed by atoms with E-state index in [0.717, 1.165) is 16.6 Å². The van der Waals surface area contributed by atoms with Gasteiger partial charge < -0.3 is 10.1 Å². The highest BCUT2D eigenvalue weighted by Gasteiger charge is 2.19. The Hall–Kier alpha value is -3.31. The van der Waals surface area contributed by atoms with Crippen LogP contribution < -0.4 is 10.1 Å². The first kappa shape index (κ1) is 19.0. The molecule has 0 radical (unpaired) electrons. The van der Waals surface area contributed by atoms with E-state index in [1.54, 1.807) is 11.5 Å². The molecule has 2 heterocycles. The van der Waals surface area contributed by atoms with Crippen molar-refractivity contribution in [2.24, 2.45) is 0 Å². The molecule has 4 aromatic rings. The molecular formula is C23H20ClN3O2. The van der Waals surface area contributed by atoms with Crippen LogP contribution in [0.1, 0.15) is 16.2 Å². The maximum Gasteiger partial charge on any atom is 0.287 e. The monoisotopic (exact) mass is 405 g/mol. The third-order valence-corrected chi connectivity index (χ3v) is 4.98. The number of para-hydroxylation sites is 1. The summed E-state index contributed by atoms with van der Waals surface area (Å²) in [6.45, 7) is 0.506. The predicted octanol–water partition coefficient (Wildman–Crippen LogP) is 4.64. The topological polar surface area (TPSA) is 55.6 Å². The summed E-state index contributed by atoms with van der Waals surface area (Å²) in [5.41, 5.74) is 3.52. The average Bonchev–Trinajstić information content (AvgIpc) is 3.15. The van der Waals surface area contributed by atoms with Crippen LogP contribution >= 0.6 is 11.6 Å². The number of fused-ring (bicyclic) bond motifs is 1. The van der Waals surface area contributed by atoms with Crippen LogP contribution in [0.2, 0.25) is 5.02 Å². The minimum atomic E-state index is -0.221. The number of aromatic nitrogens is 2. The molecule has 0 aliphatic carbocycles. The molecule has 1 N–H and O–H groups in total. The Morgan fingerprint density at radius 1 is 1.07 bits per heavy atom. The maximum absolute atomic E-state index is 12.9. The maximum atomic E-state index is 12.9. The number of nitrogens with zero attached hydrogens (tertiary/aromatic N) is 2. The van der Waals surface area contributed by atoms with Gasteiger partial charge in [-0.05, 0) is 48.4 Å². The van der Waals surface area contributed by atoms with E-state index in [2.05, 4.69) is 10.3 Å². The van der Waals surface area contributed by atoms with Crippen LogP contribution in [0.4, 0.5) is 0 Å². The molecular weight excluding hydrogens is 386 g/mol. The Kier molecular flexibility index (Phi) is 5.49. The Morgan fingerprint density at radius 2 is 1.83 bits per heavy atom. The van der Waals surface area contributed by atoms with Crippen molar-refractivity contribution in [3.63, 3.8) is 0 Å². The first-order valence-electron chi connectivity index (χ1n) is 9.30. The number of methoxy groups -OCH3 is 1. The van der Waals surface area contributed by atoms with Crippen LogP contribution in [0.3, 0.4) is 0 Å². The molecule has 29 heavy (non-hydrogen) atoms. The number of carbonyl (C=O) groups is 1. The van der Waals surface area contributed by atoms with E-state index in [1.165, 1.54) is 0 Å². The number of rotatable bonds is 6. The van der Waals surface area contributed by atoms with E-state index in [0.29, 0.717) is 35.3 Å². The van der Waals surface area contributed by atoms with Gasteiger partial charge in [0.15, 0.2) is 0 Å². The summed E-state index contributed by atoms with van der Waals surface area (Å²) >= 11 is 5.92. The predicted molar refractivity (Wildman–Crippen MR) is 115 cm³/mol. The van der Waals surface area contributed by atoms with Gasteiger partial charge in [-0.25, -0.2) is 4.98 Å². The number of nitrogens with one attached hydrogen (secondary N) is 1. The molecule has 0 atom stereocenters. The smallest absolute Gasteiger partial charge is 0.287 e. The molecule has 146 valence electrons. The minimum absolute atomic E-state index is 0.221. The number of carbonyl (C=O) groups excluding carboxylic acids is 1. The number of imidazole rings is 1. The first-order valence-corrected chi connectivity index (χ1v) is 9.68. The highest BCUT2D eigenvalue weighted by molar-refractivity contribution is 6.30. The minimum Gasteiger partial charge on any atom is -0.496 e. The van der Waals surface area contributed by atoms with Gasteiger partial charge in [0.2, 0.25) is 5.82 Å². The van der Waals surface area contributed by atoms with Crippen molar-refractivity contribution >= 4 is 23.0 Å². The second-order valence-electron chi connectivity index (χ2n) is 6.57. The number of hydrogen-bond acceptors (Lipinski definition) is 3. The van der Waals surface area contributed by atoms with E-state index >= 15 is 0 Å². The number of amides is 1. The summed E-state index contributed by atoms with van der Waals surface area (Å²) < 4.78 is 7.29. The summed E-state index contributed by atoms with van der Waals surface area (Å²) in [6, 6.07) is 21.0. The molecule has 0 saturated heterocycles. The number of ether oxygens (including phenoxy) is 1. The lowest BCUT2D eigenvalue weighted by Gasteiger charge is -2.05. The Bertz CT molecular complexity index is 1150. The Labute approximate surface area is 173 Å². The van der Waals surface area contributed by atoms with Crippen molar-refractivity contribution in [3.05, 3.63) is 89.3 Å². The third kappa shape index (κ3) is 3.96. The van der Waals surface area contributed by atoms with E-state index in [1.807, 2.05) is 72.9 Å². The summed E-state index contributed by atoms with van der Waals surface area (Å²) in [7, 11) is 1.63. The lowest BCUT2D eigenvalue weighted by atomic mass is 10.1. The fourth-order valence-electron chi connectivity index (χ4n) is 3.29. The van der Waals surface area contributed by atoms with Gasteiger partial charge in [-0.15, -0.1) is 0 Å². The standard InChI is InChI=1S/C23H20ClN3O2/c1-29-20-8-3-2-6-18(20)21-19-7-4-5-15-27(19)22(26-21)23(28)25-14-13-16-9-11-17(24)12-10-16/h2-12,15H,13-14H2,1H3,(H,25,28). The second kappa shape index (κ2) is 8.37. The normalized spacial score (nSPS) is 10.8. The molecule has 5 nitrogen and oxygen atoms in total.